The molecule has 0 aliphatic rings. The average Bonchev–Trinajstić information content (AvgIpc) is 3.04. The summed E-state index contributed by atoms with van der Waals surface area (Å²) in [5.41, 5.74) is 1.54. The molecule has 0 bridgehead atoms. The molecule has 3 rings (SSSR count). The van der Waals surface area contributed by atoms with Crippen molar-refractivity contribution in [3.63, 3.8) is 0 Å². The van der Waals surface area contributed by atoms with Crippen molar-refractivity contribution in [3.05, 3.63) is 53.6 Å². The van der Waals surface area contributed by atoms with Crippen molar-refractivity contribution in [2.75, 3.05) is 12.9 Å². The zero-order valence-electron chi connectivity index (χ0n) is 13.2. The Hall–Kier alpha value is -2.51. The molecular weight excluding hydrogens is 362 g/mol. The summed E-state index contributed by atoms with van der Waals surface area (Å²) in [7, 11) is 1.34. The van der Waals surface area contributed by atoms with E-state index in [1.807, 2.05) is 16.7 Å². The van der Waals surface area contributed by atoms with Gasteiger partial charge in [0, 0.05) is 10.6 Å². The Balaban J connectivity index is 2.07. The highest BCUT2D eigenvalue weighted by Crippen LogP contribution is 2.29. The minimum absolute atomic E-state index is 0.116. The Morgan fingerprint density at radius 1 is 1.24 bits per heavy atom. The number of halogens is 1. The number of hydrogen-bond acceptors (Lipinski definition) is 6. The quantitative estimate of drug-likeness (QED) is 0.542. The number of methoxy groups -OCH3 is 1. The number of carbonyl (C=O) groups excluding carboxylic acids is 1. The third kappa shape index (κ3) is 3.94. The maximum absolute atomic E-state index is 11.5. The summed E-state index contributed by atoms with van der Waals surface area (Å²) >= 11 is 7.34. The number of thioether (sulfide) groups is 1. The van der Waals surface area contributed by atoms with E-state index < -0.39 is 0 Å². The van der Waals surface area contributed by atoms with Crippen LogP contribution in [0.25, 0.3) is 17.1 Å². The second kappa shape index (κ2) is 7.58. The van der Waals surface area contributed by atoms with Crippen molar-refractivity contribution in [2.24, 2.45) is 0 Å². The van der Waals surface area contributed by atoms with E-state index in [1.165, 1.54) is 18.9 Å². The smallest absolute Gasteiger partial charge is 0.316 e. The van der Waals surface area contributed by atoms with Crippen LogP contribution in [0.1, 0.15) is 0 Å². The Labute approximate surface area is 153 Å². The minimum atomic E-state index is -0.350. The number of ether oxygens (including phenoxy) is 1. The maximum Gasteiger partial charge on any atom is 0.316 e. The second-order valence-electron chi connectivity index (χ2n) is 5.03. The first-order chi connectivity index (χ1) is 12.1. The number of esters is 1. The van der Waals surface area contributed by atoms with Gasteiger partial charge in [-0.15, -0.1) is 10.2 Å². The Morgan fingerprint density at radius 3 is 2.68 bits per heavy atom. The summed E-state index contributed by atoms with van der Waals surface area (Å²) in [4.78, 5) is 11.5. The van der Waals surface area contributed by atoms with Crippen LogP contribution < -0.4 is 0 Å². The van der Waals surface area contributed by atoms with Crippen molar-refractivity contribution >= 4 is 29.3 Å². The number of rotatable bonds is 5. The Kier molecular flexibility index (Phi) is 5.25. The lowest BCUT2D eigenvalue weighted by atomic mass is 10.2. The van der Waals surface area contributed by atoms with Crippen molar-refractivity contribution in [2.45, 2.75) is 5.16 Å². The molecule has 0 spiro atoms. The van der Waals surface area contributed by atoms with E-state index in [2.05, 4.69) is 14.9 Å². The predicted molar refractivity (Wildman–Crippen MR) is 96.2 cm³/mol. The van der Waals surface area contributed by atoms with Gasteiger partial charge in [0.25, 0.3) is 0 Å². The van der Waals surface area contributed by atoms with Gasteiger partial charge in [-0.2, -0.15) is 0 Å². The van der Waals surface area contributed by atoms with Crippen LogP contribution in [0.2, 0.25) is 5.02 Å². The number of phenols is 1. The average molecular weight is 376 g/mol. The topological polar surface area (TPSA) is 77.2 Å². The van der Waals surface area contributed by atoms with Gasteiger partial charge < -0.3 is 9.84 Å². The molecule has 3 aromatic rings. The maximum atomic E-state index is 11.5. The van der Waals surface area contributed by atoms with E-state index in [1.54, 1.807) is 36.4 Å². The number of carbonyl (C=O) groups is 1. The summed E-state index contributed by atoms with van der Waals surface area (Å²) in [6.45, 7) is 0. The van der Waals surface area contributed by atoms with Crippen LogP contribution >= 0.6 is 23.4 Å². The molecule has 1 aromatic heterocycles. The molecule has 0 aliphatic heterocycles. The first-order valence-corrected chi connectivity index (χ1v) is 8.65. The third-order valence-corrected chi connectivity index (χ3v) is 4.51. The van der Waals surface area contributed by atoms with Crippen LogP contribution in [0.15, 0.2) is 53.7 Å². The largest absolute Gasteiger partial charge is 0.508 e. The summed E-state index contributed by atoms with van der Waals surface area (Å²) in [6, 6.07) is 13.9. The predicted octanol–water partition coefficient (Wildman–Crippen LogP) is 3.56. The number of hydrogen-bond donors (Lipinski definition) is 1. The van der Waals surface area contributed by atoms with Crippen LogP contribution in [0.5, 0.6) is 5.75 Å². The summed E-state index contributed by atoms with van der Waals surface area (Å²) in [6.07, 6.45) is 0. The first kappa shape index (κ1) is 17.3. The molecule has 1 heterocycles. The van der Waals surface area contributed by atoms with Gasteiger partial charge in [0.05, 0.1) is 18.6 Å². The number of aromatic hydroxyl groups is 1. The highest BCUT2D eigenvalue weighted by Gasteiger charge is 2.17. The molecule has 0 radical (unpaired) electrons. The van der Waals surface area contributed by atoms with E-state index in [4.69, 9.17) is 11.6 Å². The fourth-order valence-corrected chi connectivity index (χ4v) is 3.16. The van der Waals surface area contributed by atoms with E-state index in [0.717, 1.165) is 11.3 Å². The van der Waals surface area contributed by atoms with Crippen LogP contribution in [-0.4, -0.2) is 38.7 Å². The van der Waals surface area contributed by atoms with Gasteiger partial charge in [-0.05, 0) is 42.5 Å². The van der Waals surface area contributed by atoms with Gasteiger partial charge in [0.15, 0.2) is 11.0 Å². The Bertz CT molecular complexity index is 896. The molecule has 2 aromatic carbocycles. The van der Waals surface area contributed by atoms with E-state index in [9.17, 15) is 9.90 Å². The fourth-order valence-electron chi connectivity index (χ4n) is 2.19. The van der Waals surface area contributed by atoms with Crippen LogP contribution in [0, 0.1) is 0 Å². The lowest BCUT2D eigenvalue weighted by Gasteiger charge is -2.10. The number of phenolic OH excluding ortho intramolecular Hbond substituents is 1. The van der Waals surface area contributed by atoms with Crippen LogP contribution in [0.3, 0.4) is 0 Å². The second-order valence-corrected chi connectivity index (χ2v) is 6.41. The van der Waals surface area contributed by atoms with Crippen molar-refractivity contribution < 1.29 is 14.6 Å². The summed E-state index contributed by atoms with van der Waals surface area (Å²) in [5, 5.41) is 19.0. The van der Waals surface area contributed by atoms with Gasteiger partial charge in [-0.25, -0.2) is 0 Å². The zero-order chi connectivity index (χ0) is 17.8. The van der Waals surface area contributed by atoms with Crippen molar-refractivity contribution in [1.29, 1.82) is 0 Å². The molecule has 1 N–H and O–H groups in total. The molecule has 25 heavy (non-hydrogen) atoms. The standard InChI is InChI=1S/C17H14ClN3O3S/c1-24-15(23)10-25-17-20-19-16(11-5-7-14(22)8-6-11)21(17)13-4-2-3-12(18)9-13/h2-9,22H,10H2,1H3. The molecule has 0 fully saturated rings. The molecule has 0 unspecified atom stereocenters. The van der Waals surface area contributed by atoms with Gasteiger partial charge in [-0.3, -0.25) is 9.36 Å². The van der Waals surface area contributed by atoms with Gasteiger partial charge >= 0.3 is 5.97 Å². The van der Waals surface area contributed by atoms with E-state index in [0.29, 0.717) is 16.0 Å². The van der Waals surface area contributed by atoms with E-state index in [-0.39, 0.29) is 17.5 Å². The van der Waals surface area contributed by atoms with Crippen molar-refractivity contribution in [1.82, 2.24) is 14.8 Å². The molecule has 8 heteroatoms. The molecule has 0 saturated heterocycles. The number of aromatic nitrogens is 3. The molecule has 6 nitrogen and oxygen atoms in total. The number of nitrogens with zero attached hydrogens (tertiary/aromatic N) is 3. The van der Waals surface area contributed by atoms with Crippen LogP contribution in [-0.2, 0) is 9.53 Å². The zero-order valence-corrected chi connectivity index (χ0v) is 14.8. The SMILES string of the molecule is COC(=O)CSc1nnc(-c2ccc(O)cc2)n1-c1cccc(Cl)c1. The molecule has 0 atom stereocenters. The molecule has 0 saturated carbocycles. The monoisotopic (exact) mass is 375 g/mol. The molecule has 128 valence electrons. The van der Waals surface area contributed by atoms with Crippen LogP contribution in [0.4, 0.5) is 0 Å². The van der Waals surface area contributed by atoms with Gasteiger partial charge in [0.1, 0.15) is 5.75 Å². The lowest BCUT2D eigenvalue weighted by molar-refractivity contribution is -0.137. The highest BCUT2D eigenvalue weighted by molar-refractivity contribution is 7.99. The molecule has 0 aliphatic carbocycles. The van der Waals surface area contributed by atoms with Gasteiger partial charge in [-0.1, -0.05) is 29.4 Å². The molecular formula is C17H14ClN3O3S. The lowest BCUT2D eigenvalue weighted by Crippen LogP contribution is -2.05. The minimum Gasteiger partial charge on any atom is -0.508 e. The first-order valence-electron chi connectivity index (χ1n) is 7.29. The summed E-state index contributed by atoms with van der Waals surface area (Å²) in [5.74, 6) is 0.509. The van der Waals surface area contributed by atoms with E-state index >= 15 is 0 Å². The van der Waals surface area contributed by atoms with Crippen molar-refractivity contribution in [3.8, 4) is 22.8 Å². The highest BCUT2D eigenvalue weighted by atomic mass is 35.5. The third-order valence-electron chi connectivity index (χ3n) is 3.37. The normalized spacial score (nSPS) is 10.6. The number of benzene rings is 2. The summed E-state index contributed by atoms with van der Waals surface area (Å²) < 4.78 is 6.49. The molecule has 0 amide bonds. The van der Waals surface area contributed by atoms with Gasteiger partial charge in [0.2, 0.25) is 0 Å². The fraction of sp³-hybridized carbons (Fsp3) is 0.118. The Morgan fingerprint density at radius 2 is 2.00 bits per heavy atom.